The fourth-order valence-electron chi connectivity index (χ4n) is 3.05. The molecule has 0 N–H and O–H groups in total. The van der Waals surface area contributed by atoms with Gasteiger partial charge in [-0.3, -0.25) is 9.69 Å². The van der Waals surface area contributed by atoms with E-state index in [1.54, 1.807) is 7.11 Å². The molecule has 4 heteroatoms. The lowest BCUT2D eigenvalue weighted by Gasteiger charge is -2.40. The molecule has 0 spiro atoms. The van der Waals surface area contributed by atoms with Crippen LogP contribution in [0.1, 0.15) is 45.6 Å². The summed E-state index contributed by atoms with van der Waals surface area (Å²) in [7, 11) is 1.71. The molecular formula is C19H29NO3. The number of carbonyl (C=O) groups excluding carboxylic acids is 1. The molecule has 1 heterocycles. The third-order valence-corrected chi connectivity index (χ3v) is 4.34. The molecule has 0 amide bonds. The van der Waals surface area contributed by atoms with Crippen molar-refractivity contribution in [3.8, 4) is 0 Å². The summed E-state index contributed by atoms with van der Waals surface area (Å²) in [4.78, 5) is 14.6. The molecule has 1 saturated heterocycles. The molecule has 1 aliphatic rings. The van der Waals surface area contributed by atoms with E-state index in [1.807, 2.05) is 26.8 Å². The van der Waals surface area contributed by atoms with Crippen molar-refractivity contribution in [3.63, 3.8) is 0 Å². The second-order valence-corrected chi connectivity index (χ2v) is 7.41. The van der Waals surface area contributed by atoms with Crippen molar-refractivity contribution in [2.45, 2.75) is 57.8 Å². The average molecular weight is 319 g/mol. The summed E-state index contributed by atoms with van der Waals surface area (Å²) in [5.74, 6) is -0.171. The van der Waals surface area contributed by atoms with Gasteiger partial charge in [-0.1, -0.05) is 30.3 Å². The molecule has 0 aromatic heterocycles. The Labute approximate surface area is 139 Å². The van der Waals surface area contributed by atoms with E-state index in [0.717, 1.165) is 32.5 Å². The molecular weight excluding hydrogens is 290 g/mol. The van der Waals surface area contributed by atoms with Crippen LogP contribution in [0.5, 0.6) is 0 Å². The fraction of sp³-hybridized carbons (Fsp3) is 0.632. The summed E-state index contributed by atoms with van der Waals surface area (Å²) in [6, 6.07) is 10.5. The van der Waals surface area contributed by atoms with Crippen molar-refractivity contribution in [2.24, 2.45) is 0 Å². The van der Waals surface area contributed by atoms with Crippen molar-refractivity contribution in [1.29, 1.82) is 0 Å². The minimum absolute atomic E-state index is 0.171. The highest BCUT2D eigenvalue weighted by Gasteiger charge is 2.38. The van der Waals surface area contributed by atoms with Gasteiger partial charge in [-0.05, 0) is 39.2 Å². The summed E-state index contributed by atoms with van der Waals surface area (Å²) in [6.07, 6.45) is 2.05. The Bertz CT molecular complexity index is 499. The van der Waals surface area contributed by atoms with Crippen LogP contribution in [-0.2, 0) is 20.8 Å². The highest BCUT2D eigenvalue weighted by atomic mass is 16.6. The van der Waals surface area contributed by atoms with Gasteiger partial charge in [0.2, 0.25) is 0 Å². The third kappa shape index (κ3) is 5.63. The number of nitrogens with zero attached hydrogens (tertiary/aromatic N) is 1. The van der Waals surface area contributed by atoms with Gasteiger partial charge in [-0.2, -0.15) is 0 Å². The van der Waals surface area contributed by atoms with E-state index in [1.165, 1.54) is 5.56 Å². The van der Waals surface area contributed by atoms with Gasteiger partial charge >= 0.3 is 5.97 Å². The van der Waals surface area contributed by atoms with Crippen LogP contribution in [0.4, 0.5) is 0 Å². The van der Waals surface area contributed by atoms with E-state index in [0.29, 0.717) is 6.42 Å². The normalized spacial score (nSPS) is 18.6. The number of benzene rings is 1. The molecule has 0 unspecified atom stereocenters. The number of piperidine rings is 1. The first kappa shape index (κ1) is 18.0. The Hall–Kier alpha value is -1.39. The fourth-order valence-corrected chi connectivity index (χ4v) is 3.05. The van der Waals surface area contributed by atoms with Crippen molar-refractivity contribution in [1.82, 2.24) is 4.90 Å². The highest BCUT2D eigenvalue weighted by Crippen LogP contribution is 2.31. The molecule has 4 nitrogen and oxygen atoms in total. The van der Waals surface area contributed by atoms with E-state index in [2.05, 4.69) is 29.2 Å². The number of methoxy groups -OCH3 is 1. The first-order chi connectivity index (χ1) is 10.8. The number of carbonyl (C=O) groups is 1. The zero-order valence-electron chi connectivity index (χ0n) is 14.8. The first-order valence-electron chi connectivity index (χ1n) is 8.35. The van der Waals surface area contributed by atoms with Crippen LogP contribution in [0.15, 0.2) is 30.3 Å². The van der Waals surface area contributed by atoms with E-state index in [4.69, 9.17) is 9.47 Å². The Morgan fingerprint density at radius 3 is 2.30 bits per heavy atom. The van der Waals surface area contributed by atoms with Crippen LogP contribution in [0, 0.1) is 0 Å². The Balaban J connectivity index is 1.88. The molecule has 0 saturated carbocycles. The third-order valence-electron chi connectivity index (χ3n) is 4.34. The molecule has 1 fully saturated rings. The van der Waals surface area contributed by atoms with Gasteiger partial charge in [0.15, 0.2) is 0 Å². The van der Waals surface area contributed by atoms with Crippen molar-refractivity contribution in [2.75, 3.05) is 20.2 Å². The number of hydrogen-bond acceptors (Lipinski definition) is 4. The molecule has 0 radical (unpaired) electrons. The van der Waals surface area contributed by atoms with E-state index in [9.17, 15) is 4.79 Å². The summed E-state index contributed by atoms with van der Waals surface area (Å²) in [5, 5.41) is 0. The predicted molar refractivity (Wildman–Crippen MR) is 91.2 cm³/mol. The topological polar surface area (TPSA) is 38.8 Å². The van der Waals surface area contributed by atoms with Crippen LogP contribution in [0.2, 0.25) is 0 Å². The average Bonchev–Trinajstić information content (AvgIpc) is 2.48. The van der Waals surface area contributed by atoms with Crippen LogP contribution in [0.25, 0.3) is 0 Å². The van der Waals surface area contributed by atoms with Gasteiger partial charge in [0.1, 0.15) is 5.60 Å². The molecule has 1 aromatic rings. The smallest absolute Gasteiger partial charge is 0.309 e. The van der Waals surface area contributed by atoms with E-state index < -0.39 is 5.60 Å². The maximum atomic E-state index is 12.1. The van der Waals surface area contributed by atoms with Gasteiger partial charge < -0.3 is 9.47 Å². The predicted octanol–water partition coefficient (Wildman–Crippen LogP) is 3.40. The molecule has 23 heavy (non-hydrogen) atoms. The SMILES string of the molecule is COC1(CC(=O)OC(C)(C)C)CCN(Cc2ccccc2)CC1. The van der Waals surface area contributed by atoms with Gasteiger partial charge in [-0.15, -0.1) is 0 Å². The quantitative estimate of drug-likeness (QED) is 0.780. The number of rotatable bonds is 5. The van der Waals surface area contributed by atoms with Gasteiger partial charge in [0.25, 0.3) is 0 Å². The summed E-state index contributed by atoms with van der Waals surface area (Å²) >= 11 is 0. The summed E-state index contributed by atoms with van der Waals surface area (Å²) < 4.78 is 11.2. The van der Waals surface area contributed by atoms with Gasteiger partial charge in [0.05, 0.1) is 12.0 Å². The van der Waals surface area contributed by atoms with E-state index in [-0.39, 0.29) is 11.6 Å². The van der Waals surface area contributed by atoms with Crippen LogP contribution >= 0.6 is 0 Å². The summed E-state index contributed by atoms with van der Waals surface area (Å²) in [5.41, 5.74) is 0.500. The first-order valence-corrected chi connectivity index (χ1v) is 8.35. The Morgan fingerprint density at radius 1 is 1.17 bits per heavy atom. The van der Waals surface area contributed by atoms with Crippen LogP contribution in [0.3, 0.4) is 0 Å². The number of ether oxygens (including phenoxy) is 2. The maximum Gasteiger partial charge on any atom is 0.309 e. The Morgan fingerprint density at radius 2 is 1.78 bits per heavy atom. The molecule has 0 aliphatic carbocycles. The van der Waals surface area contributed by atoms with Crippen LogP contribution < -0.4 is 0 Å². The monoisotopic (exact) mass is 319 g/mol. The lowest BCUT2D eigenvalue weighted by Crippen LogP contribution is -2.47. The van der Waals surface area contributed by atoms with Crippen molar-refractivity contribution < 1.29 is 14.3 Å². The van der Waals surface area contributed by atoms with Crippen LogP contribution in [-0.4, -0.2) is 42.3 Å². The van der Waals surface area contributed by atoms with E-state index >= 15 is 0 Å². The van der Waals surface area contributed by atoms with Gasteiger partial charge in [-0.25, -0.2) is 0 Å². The Kier molecular flexibility index (Phi) is 5.82. The largest absolute Gasteiger partial charge is 0.460 e. The number of esters is 1. The summed E-state index contributed by atoms with van der Waals surface area (Å²) in [6.45, 7) is 8.51. The van der Waals surface area contributed by atoms with Crippen molar-refractivity contribution >= 4 is 5.97 Å². The molecule has 1 aliphatic heterocycles. The lowest BCUT2D eigenvalue weighted by atomic mass is 9.87. The maximum absolute atomic E-state index is 12.1. The second-order valence-electron chi connectivity index (χ2n) is 7.41. The highest BCUT2D eigenvalue weighted by molar-refractivity contribution is 5.71. The lowest BCUT2D eigenvalue weighted by molar-refractivity contribution is -0.164. The number of hydrogen-bond donors (Lipinski definition) is 0. The second kappa shape index (κ2) is 7.45. The standard InChI is InChI=1S/C19H29NO3/c1-18(2,3)23-17(21)14-19(22-4)10-12-20(13-11-19)15-16-8-6-5-7-9-16/h5-9H,10-15H2,1-4H3. The number of likely N-dealkylation sites (tertiary alicyclic amines) is 1. The molecule has 0 atom stereocenters. The zero-order valence-corrected chi connectivity index (χ0v) is 14.8. The zero-order chi connectivity index (χ0) is 16.9. The minimum atomic E-state index is -0.444. The molecule has 1 aromatic carbocycles. The molecule has 0 bridgehead atoms. The molecule has 128 valence electrons. The minimum Gasteiger partial charge on any atom is -0.460 e. The van der Waals surface area contributed by atoms with Gasteiger partial charge in [0, 0.05) is 26.7 Å². The van der Waals surface area contributed by atoms with Crippen molar-refractivity contribution in [3.05, 3.63) is 35.9 Å². The molecule has 2 rings (SSSR count).